The highest BCUT2D eigenvalue weighted by atomic mass is 32.1. The first-order chi connectivity index (χ1) is 8.77. The molecule has 1 aromatic rings. The van der Waals surface area contributed by atoms with Gasteiger partial charge in [-0.1, -0.05) is 6.07 Å². The lowest BCUT2D eigenvalue weighted by Crippen LogP contribution is -2.34. The van der Waals surface area contributed by atoms with E-state index in [9.17, 15) is 4.79 Å². The number of thiophene rings is 1. The third kappa shape index (κ3) is 2.43. The summed E-state index contributed by atoms with van der Waals surface area (Å²) >= 11 is 1.45. The summed E-state index contributed by atoms with van der Waals surface area (Å²) in [5.41, 5.74) is 0. The summed E-state index contributed by atoms with van der Waals surface area (Å²) in [5, 5.41) is 4.80. The van der Waals surface area contributed by atoms with E-state index in [1.807, 2.05) is 17.5 Å². The van der Waals surface area contributed by atoms with Crippen molar-refractivity contribution < 1.29 is 14.3 Å². The molecule has 2 aliphatic rings. The molecule has 18 heavy (non-hydrogen) atoms. The second-order valence-corrected chi connectivity index (χ2v) is 5.80. The molecule has 1 amide bonds. The molecule has 0 bridgehead atoms. The zero-order valence-corrected chi connectivity index (χ0v) is 11.0. The first-order valence-electron chi connectivity index (χ1n) is 6.41. The van der Waals surface area contributed by atoms with Crippen LogP contribution < -0.4 is 5.32 Å². The van der Waals surface area contributed by atoms with Crippen LogP contribution in [0.1, 0.15) is 35.4 Å². The fourth-order valence-electron chi connectivity index (χ4n) is 2.59. The Balaban J connectivity index is 1.48. The van der Waals surface area contributed by atoms with E-state index < -0.39 is 0 Å². The smallest absolute Gasteiger partial charge is 0.261 e. The highest BCUT2D eigenvalue weighted by Gasteiger charge is 2.43. The topological polar surface area (TPSA) is 47.6 Å². The minimum Gasteiger partial charge on any atom is -0.349 e. The van der Waals surface area contributed by atoms with E-state index in [-0.39, 0.29) is 17.8 Å². The predicted octanol–water partition coefficient (Wildman–Crippen LogP) is 2.16. The van der Waals surface area contributed by atoms with Crippen molar-refractivity contribution in [2.75, 3.05) is 13.2 Å². The second-order valence-electron chi connectivity index (χ2n) is 4.86. The van der Waals surface area contributed by atoms with E-state index in [0.717, 1.165) is 17.7 Å². The minimum atomic E-state index is -0.335. The van der Waals surface area contributed by atoms with Gasteiger partial charge in [-0.05, 0) is 24.3 Å². The van der Waals surface area contributed by atoms with Gasteiger partial charge in [0.05, 0.1) is 11.5 Å². The molecule has 2 fully saturated rings. The maximum Gasteiger partial charge on any atom is 0.261 e. The van der Waals surface area contributed by atoms with Crippen molar-refractivity contribution >= 4 is 17.2 Å². The van der Waals surface area contributed by atoms with Crippen molar-refractivity contribution in [1.82, 2.24) is 5.32 Å². The first-order valence-corrected chi connectivity index (χ1v) is 7.29. The van der Waals surface area contributed by atoms with Gasteiger partial charge in [0, 0.05) is 19.4 Å². The molecule has 3 rings (SSSR count). The van der Waals surface area contributed by atoms with Crippen LogP contribution in [0.25, 0.3) is 0 Å². The summed E-state index contributed by atoms with van der Waals surface area (Å²) < 4.78 is 11.7. The molecule has 98 valence electrons. The molecule has 1 saturated heterocycles. The Hall–Kier alpha value is -0.910. The molecular weight excluding hydrogens is 250 g/mol. The molecule has 1 N–H and O–H groups in total. The van der Waals surface area contributed by atoms with Crippen LogP contribution in [0.4, 0.5) is 0 Å². The Morgan fingerprint density at radius 3 is 3.06 bits per heavy atom. The summed E-state index contributed by atoms with van der Waals surface area (Å²) in [4.78, 5) is 12.5. The van der Waals surface area contributed by atoms with Crippen molar-refractivity contribution in [1.29, 1.82) is 0 Å². The summed E-state index contributed by atoms with van der Waals surface area (Å²) in [6, 6.07) is 3.70. The van der Waals surface area contributed by atoms with Gasteiger partial charge in [-0.3, -0.25) is 4.79 Å². The highest BCUT2D eigenvalue weighted by Crippen LogP contribution is 2.38. The molecule has 1 aromatic heterocycles. The molecule has 0 unspecified atom stereocenters. The normalized spacial score (nSPS) is 25.7. The van der Waals surface area contributed by atoms with Gasteiger partial charge in [0.2, 0.25) is 0 Å². The number of ether oxygens (including phenoxy) is 2. The molecule has 5 heteroatoms. The number of rotatable bonds is 3. The van der Waals surface area contributed by atoms with Crippen LogP contribution in [0.15, 0.2) is 17.5 Å². The maximum absolute atomic E-state index is 11.8. The molecule has 1 atom stereocenters. The third-order valence-corrected chi connectivity index (χ3v) is 4.38. The van der Waals surface area contributed by atoms with E-state index >= 15 is 0 Å². The number of hydrogen-bond acceptors (Lipinski definition) is 4. The maximum atomic E-state index is 11.8. The lowest BCUT2D eigenvalue weighted by atomic mass is 10.2. The van der Waals surface area contributed by atoms with Crippen LogP contribution in [-0.4, -0.2) is 30.9 Å². The van der Waals surface area contributed by atoms with Crippen molar-refractivity contribution in [3.8, 4) is 0 Å². The molecule has 1 aliphatic carbocycles. The van der Waals surface area contributed by atoms with Gasteiger partial charge in [-0.15, -0.1) is 11.3 Å². The standard InChI is InChI=1S/C13H17NO3S/c15-12(11-4-3-7-18-11)14-8-10-9-16-13(17-10)5-1-2-6-13/h3-4,7,10H,1-2,5-6,8-9H2,(H,14,15)/t10-/m0/s1. The van der Waals surface area contributed by atoms with Gasteiger partial charge >= 0.3 is 0 Å². The summed E-state index contributed by atoms with van der Waals surface area (Å²) in [7, 11) is 0. The Labute approximate surface area is 110 Å². The van der Waals surface area contributed by atoms with Crippen LogP contribution in [0, 0.1) is 0 Å². The average Bonchev–Trinajstić information content (AvgIpc) is 3.09. The quantitative estimate of drug-likeness (QED) is 0.913. The van der Waals surface area contributed by atoms with Crippen LogP contribution in [0.2, 0.25) is 0 Å². The number of amides is 1. The van der Waals surface area contributed by atoms with Gasteiger partial charge in [0.1, 0.15) is 6.10 Å². The molecule has 2 heterocycles. The molecule has 1 aliphatic heterocycles. The van der Waals surface area contributed by atoms with E-state index in [4.69, 9.17) is 9.47 Å². The summed E-state index contributed by atoms with van der Waals surface area (Å²) in [6.45, 7) is 1.11. The van der Waals surface area contributed by atoms with Crippen molar-refractivity contribution in [2.45, 2.75) is 37.6 Å². The lowest BCUT2D eigenvalue weighted by molar-refractivity contribution is -0.161. The fourth-order valence-corrected chi connectivity index (χ4v) is 3.23. The summed E-state index contributed by atoms with van der Waals surface area (Å²) in [6.07, 6.45) is 4.32. The van der Waals surface area contributed by atoms with Gasteiger partial charge in [-0.2, -0.15) is 0 Å². The van der Waals surface area contributed by atoms with E-state index in [2.05, 4.69) is 5.32 Å². The molecule has 4 nitrogen and oxygen atoms in total. The first kappa shape index (κ1) is 12.1. The van der Waals surface area contributed by atoms with Crippen LogP contribution in [-0.2, 0) is 9.47 Å². The Kier molecular flexibility index (Phi) is 3.37. The summed E-state index contributed by atoms with van der Waals surface area (Å²) in [5.74, 6) is -0.362. The van der Waals surface area contributed by atoms with Crippen molar-refractivity contribution in [3.05, 3.63) is 22.4 Å². The lowest BCUT2D eigenvalue weighted by Gasteiger charge is -2.21. The van der Waals surface area contributed by atoms with Crippen LogP contribution in [0.5, 0.6) is 0 Å². The van der Waals surface area contributed by atoms with E-state index in [0.29, 0.717) is 13.2 Å². The van der Waals surface area contributed by atoms with Gasteiger partial charge in [0.15, 0.2) is 5.79 Å². The number of carbonyl (C=O) groups excluding carboxylic acids is 1. The van der Waals surface area contributed by atoms with Crippen molar-refractivity contribution in [2.24, 2.45) is 0 Å². The van der Waals surface area contributed by atoms with E-state index in [1.165, 1.54) is 24.2 Å². The average molecular weight is 267 g/mol. The zero-order chi connectivity index (χ0) is 12.4. The SMILES string of the molecule is O=C(NC[C@H]1COC2(CCCC2)O1)c1cccs1. The number of hydrogen-bond donors (Lipinski definition) is 1. The molecular formula is C13H17NO3S. The second kappa shape index (κ2) is 4.99. The van der Waals surface area contributed by atoms with Gasteiger partial charge in [0.25, 0.3) is 5.91 Å². The zero-order valence-electron chi connectivity index (χ0n) is 10.2. The largest absolute Gasteiger partial charge is 0.349 e. The predicted molar refractivity (Wildman–Crippen MR) is 68.7 cm³/mol. The molecule has 0 radical (unpaired) electrons. The van der Waals surface area contributed by atoms with Gasteiger partial charge < -0.3 is 14.8 Å². The Bertz CT molecular complexity index is 412. The number of carbonyl (C=O) groups is 1. The highest BCUT2D eigenvalue weighted by molar-refractivity contribution is 7.12. The van der Waals surface area contributed by atoms with Crippen LogP contribution >= 0.6 is 11.3 Å². The van der Waals surface area contributed by atoms with E-state index in [1.54, 1.807) is 0 Å². The van der Waals surface area contributed by atoms with Crippen molar-refractivity contribution in [3.63, 3.8) is 0 Å². The molecule has 0 aromatic carbocycles. The fraction of sp³-hybridized carbons (Fsp3) is 0.615. The Morgan fingerprint density at radius 2 is 2.33 bits per heavy atom. The molecule has 1 spiro atoms. The number of nitrogens with one attached hydrogen (secondary N) is 1. The minimum absolute atomic E-state index is 0.00740. The monoisotopic (exact) mass is 267 g/mol. The Morgan fingerprint density at radius 1 is 1.50 bits per heavy atom. The molecule has 1 saturated carbocycles. The van der Waals surface area contributed by atoms with Gasteiger partial charge in [-0.25, -0.2) is 0 Å². The third-order valence-electron chi connectivity index (χ3n) is 3.51. The van der Waals surface area contributed by atoms with Crippen LogP contribution in [0.3, 0.4) is 0 Å².